The van der Waals surface area contributed by atoms with Crippen molar-refractivity contribution in [3.63, 3.8) is 0 Å². The largest absolute Gasteiger partial charge is 0.435 e. The molecule has 22 heavy (non-hydrogen) atoms. The van der Waals surface area contributed by atoms with Gasteiger partial charge < -0.3 is 20.7 Å². The fraction of sp³-hybridized carbons (Fsp3) is 0.429. The lowest BCUT2D eigenvalue weighted by atomic mass is 10.3. The summed E-state index contributed by atoms with van der Waals surface area (Å²) in [5.74, 6) is -0.0848. The number of rotatable bonds is 7. The molecule has 0 aliphatic carbocycles. The Kier molecular flexibility index (Phi) is 7.51. The molecule has 3 N–H and O–H groups in total. The number of anilines is 1. The molecule has 0 bridgehead atoms. The molecule has 1 atom stereocenters. The van der Waals surface area contributed by atoms with Gasteiger partial charge in [-0.3, -0.25) is 4.79 Å². The van der Waals surface area contributed by atoms with Gasteiger partial charge in [-0.05, 0) is 49.8 Å². The van der Waals surface area contributed by atoms with E-state index >= 15 is 0 Å². The Hall–Kier alpha value is -1.96. The number of halogens is 2. The van der Waals surface area contributed by atoms with E-state index < -0.39 is 12.7 Å². The third-order valence-electron chi connectivity index (χ3n) is 2.63. The Morgan fingerprint density at radius 3 is 2.50 bits per heavy atom. The minimum atomic E-state index is -2.86. The van der Waals surface area contributed by atoms with Crippen LogP contribution < -0.4 is 20.7 Å². The molecule has 1 rings (SSSR count). The van der Waals surface area contributed by atoms with Gasteiger partial charge in [0.05, 0.1) is 0 Å². The molecule has 0 aromatic heterocycles. The molecule has 0 radical (unpaired) electrons. The summed E-state index contributed by atoms with van der Waals surface area (Å²) in [7, 11) is 0. The first-order valence-corrected chi connectivity index (χ1v) is 7.23. The van der Waals surface area contributed by atoms with Gasteiger partial charge in [-0.1, -0.05) is 6.92 Å². The number of carbonyl (C=O) groups is 1. The average molecular weight is 331 g/mol. The van der Waals surface area contributed by atoms with Gasteiger partial charge in [0.25, 0.3) is 0 Å². The number of thiocarbonyl (C=S) groups is 1. The zero-order valence-corrected chi connectivity index (χ0v) is 13.2. The minimum Gasteiger partial charge on any atom is -0.435 e. The van der Waals surface area contributed by atoms with Crippen molar-refractivity contribution in [2.24, 2.45) is 0 Å². The van der Waals surface area contributed by atoms with Crippen molar-refractivity contribution in [3.05, 3.63) is 24.3 Å². The van der Waals surface area contributed by atoms with Gasteiger partial charge >= 0.3 is 6.61 Å². The zero-order valence-electron chi connectivity index (χ0n) is 12.4. The van der Waals surface area contributed by atoms with Crippen LogP contribution in [-0.4, -0.2) is 30.2 Å². The smallest absolute Gasteiger partial charge is 0.387 e. The van der Waals surface area contributed by atoms with Crippen molar-refractivity contribution in [2.45, 2.75) is 32.9 Å². The Balaban J connectivity index is 2.46. The van der Waals surface area contributed by atoms with Gasteiger partial charge in [0.15, 0.2) is 5.11 Å². The van der Waals surface area contributed by atoms with Crippen LogP contribution in [0.1, 0.15) is 20.3 Å². The van der Waals surface area contributed by atoms with Crippen LogP contribution in [0.5, 0.6) is 5.75 Å². The highest BCUT2D eigenvalue weighted by Gasteiger charge is 2.13. The molecular weight excluding hydrogens is 312 g/mol. The van der Waals surface area contributed by atoms with Crippen molar-refractivity contribution in [1.82, 2.24) is 10.6 Å². The number of hydrogen-bond acceptors (Lipinski definition) is 3. The zero-order chi connectivity index (χ0) is 16.5. The lowest BCUT2D eigenvalue weighted by Crippen LogP contribution is -2.46. The second-order valence-corrected chi connectivity index (χ2v) is 4.92. The Labute approximate surface area is 133 Å². The van der Waals surface area contributed by atoms with E-state index in [0.29, 0.717) is 12.2 Å². The molecule has 0 aliphatic heterocycles. The number of nitrogens with one attached hydrogen (secondary N) is 3. The highest BCUT2D eigenvalue weighted by Crippen LogP contribution is 2.17. The monoisotopic (exact) mass is 331 g/mol. The molecule has 122 valence electrons. The number of alkyl halides is 2. The highest BCUT2D eigenvalue weighted by molar-refractivity contribution is 7.80. The Morgan fingerprint density at radius 2 is 1.95 bits per heavy atom. The fourth-order valence-corrected chi connectivity index (χ4v) is 1.84. The van der Waals surface area contributed by atoms with Gasteiger partial charge in [-0.15, -0.1) is 0 Å². The third kappa shape index (κ3) is 6.66. The van der Waals surface area contributed by atoms with Crippen LogP contribution in [0.4, 0.5) is 14.5 Å². The number of carbonyl (C=O) groups excluding carboxylic acids is 1. The molecule has 0 spiro atoms. The highest BCUT2D eigenvalue weighted by atomic mass is 32.1. The number of hydrogen-bond donors (Lipinski definition) is 3. The summed E-state index contributed by atoms with van der Waals surface area (Å²) in [6.07, 6.45) is 0.855. The average Bonchev–Trinajstić information content (AvgIpc) is 2.46. The Morgan fingerprint density at radius 1 is 1.32 bits per heavy atom. The van der Waals surface area contributed by atoms with Crippen LogP contribution in [0.25, 0.3) is 0 Å². The summed E-state index contributed by atoms with van der Waals surface area (Å²) in [4.78, 5) is 11.7. The number of amides is 1. The lowest BCUT2D eigenvalue weighted by Gasteiger charge is -2.16. The van der Waals surface area contributed by atoms with Crippen LogP contribution in [0.15, 0.2) is 24.3 Å². The molecule has 1 amide bonds. The molecule has 0 saturated heterocycles. The summed E-state index contributed by atoms with van der Waals surface area (Å²) in [6.45, 7) is 1.41. The first-order chi connectivity index (χ1) is 10.4. The van der Waals surface area contributed by atoms with Gasteiger partial charge in [-0.25, -0.2) is 0 Å². The lowest BCUT2D eigenvalue weighted by molar-refractivity contribution is -0.122. The predicted molar refractivity (Wildman–Crippen MR) is 85.2 cm³/mol. The maximum absolute atomic E-state index is 12.0. The summed E-state index contributed by atoms with van der Waals surface area (Å²) in [5, 5.41) is 8.72. The molecule has 1 aromatic carbocycles. The van der Waals surface area contributed by atoms with Crippen molar-refractivity contribution in [1.29, 1.82) is 0 Å². The fourth-order valence-electron chi connectivity index (χ4n) is 1.55. The molecular formula is C14H19F2N3O2S. The van der Waals surface area contributed by atoms with Gasteiger partial charge in [0.1, 0.15) is 11.8 Å². The first kappa shape index (κ1) is 18.1. The van der Waals surface area contributed by atoms with Gasteiger partial charge in [-0.2, -0.15) is 8.78 Å². The van der Waals surface area contributed by atoms with E-state index in [2.05, 4.69) is 20.7 Å². The number of ether oxygens (including phenoxy) is 1. The van der Waals surface area contributed by atoms with Crippen LogP contribution in [-0.2, 0) is 4.79 Å². The van der Waals surface area contributed by atoms with Crippen LogP contribution in [0.3, 0.4) is 0 Å². The van der Waals surface area contributed by atoms with Crippen LogP contribution in [0.2, 0.25) is 0 Å². The molecule has 1 aromatic rings. The summed E-state index contributed by atoms with van der Waals surface area (Å²) in [5.41, 5.74) is 0.597. The number of benzene rings is 1. The van der Waals surface area contributed by atoms with Crippen LogP contribution in [0, 0.1) is 0 Å². The van der Waals surface area contributed by atoms with Crippen molar-refractivity contribution < 1.29 is 18.3 Å². The quantitative estimate of drug-likeness (QED) is 0.670. The summed E-state index contributed by atoms with van der Waals surface area (Å²) in [6, 6.07) is 5.41. The van der Waals surface area contributed by atoms with Gasteiger partial charge in [0.2, 0.25) is 5.91 Å². The summed E-state index contributed by atoms with van der Waals surface area (Å²) >= 11 is 5.09. The standard InChI is InChI=1S/C14H19F2N3O2S/c1-3-8-17-12(20)9(2)18-14(22)19-10-4-6-11(7-5-10)21-13(15)16/h4-7,9,13H,3,8H2,1-2H3,(H,17,20)(H2,18,19,22)/t9-/m1/s1. The molecule has 8 heteroatoms. The van der Waals surface area contributed by atoms with E-state index in [1.165, 1.54) is 12.1 Å². The molecule has 0 heterocycles. The van der Waals surface area contributed by atoms with Crippen LogP contribution >= 0.6 is 12.2 Å². The predicted octanol–water partition coefficient (Wildman–Crippen LogP) is 2.49. The normalized spacial score (nSPS) is 11.7. The maximum atomic E-state index is 12.0. The molecule has 0 fully saturated rings. The molecule has 0 saturated carbocycles. The third-order valence-corrected chi connectivity index (χ3v) is 2.85. The van der Waals surface area contributed by atoms with E-state index in [0.717, 1.165) is 6.42 Å². The minimum absolute atomic E-state index is 0.0618. The molecule has 0 aliphatic rings. The van der Waals surface area contributed by atoms with Crippen molar-refractivity contribution in [3.8, 4) is 5.75 Å². The molecule has 0 unspecified atom stereocenters. The van der Waals surface area contributed by atoms with E-state index in [1.807, 2.05) is 6.92 Å². The van der Waals surface area contributed by atoms with E-state index in [4.69, 9.17) is 12.2 Å². The first-order valence-electron chi connectivity index (χ1n) is 6.82. The van der Waals surface area contributed by atoms with E-state index in [9.17, 15) is 13.6 Å². The van der Waals surface area contributed by atoms with Crippen molar-refractivity contribution in [2.75, 3.05) is 11.9 Å². The second kappa shape index (κ2) is 9.14. The van der Waals surface area contributed by atoms with E-state index in [-0.39, 0.29) is 16.8 Å². The molecule has 5 nitrogen and oxygen atoms in total. The Bertz CT molecular complexity index is 497. The van der Waals surface area contributed by atoms with Gasteiger partial charge in [0, 0.05) is 12.2 Å². The van der Waals surface area contributed by atoms with Crippen molar-refractivity contribution >= 4 is 28.9 Å². The SMILES string of the molecule is CCCNC(=O)[C@@H](C)NC(=S)Nc1ccc(OC(F)F)cc1. The second-order valence-electron chi connectivity index (χ2n) is 4.51. The van der Waals surface area contributed by atoms with E-state index in [1.54, 1.807) is 19.1 Å². The maximum Gasteiger partial charge on any atom is 0.387 e. The topological polar surface area (TPSA) is 62.4 Å². The summed E-state index contributed by atoms with van der Waals surface area (Å²) < 4.78 is 28.3.